The highest BCUT2D eigenvalue weighted by atomic mass is 16.6. The van der Waals surface area contributed by atoms with Gasteiger partial charge in [-0.3, -0.25) is 19.1 Å². The normalized spacial score (nSPS) is 13.2. The molecule has 1 aliphatic rings. The van der Waals surface area contributed by atoms with Crippen molar-refractivity contribution in [3.63, 3.8) is 0 Å². The van der Waals surface area contributed by atoms with Gasteiger partial charge in [-0.25, -0.2) is 9.78 Å². The number of benzene rings is 1. The Morgan fingerprint density at radius 3 is 2.80 bits per heavy atom. The average Bonchev–Trinajstić information content (AvgIpc) is 3.03. The van der Waals surface area contributed by atoms with E-state index in [2.05, 4.69) is 9.97 Å². The lowest BCUT2D eigenvalue weighted by Crippen LogP contribution is -2.29. The Bertz CT molecular complexity index is 1110. The molecule has 1 aromatic carbocycles. The second-order valence-corrected chi connectivity index (χ2v) is 5.64. The molecule has 0 aliphatic carbocycles. The zero-order valence-electron chi connectivity index (χ0n) is 13.3. The first-order chi connectivity index (χ1) is 12.0. The minimum atomic E-state index is -0.578. The molecule has 1 aliphatic heterocycles. The number of carbonyl (C=O) groups is 1. The number of imidazole rings is 1. The van der Waals surface area contributed by atoms with Crippen LogP contribution in [0.5, 0.6) is 11.5 Å². The lowest BCUT2D eigenvalue weighted by atomic mass is 10.1. The number of hydrogen-bond acceptors (Lipinski definition) is 6. The third-order valence-corrected chi connectivity index (χ3v) is 4.05. The van der Waals surface area contributed by atoms with Gasteiger partial charge >= 0.3 is 5.69 Å². The molecule has 9 heteroatoms. The number of nitrogens with one attached hydrogen (secondary N) is 1. The highest BCUT2D eigenvalue weighted by Gasteiger charge is 2.17. The van der Waals surface area contributed by atoms with Crippen LogP contribution >= 0.6 is 0 Å². The van der Waals surface area contributed by atoms with Gasteiger partial charge in [0.2, 0.25) is 0 Å². The zero-order chi connectivity index (χ0) is 17.6. The summed E-state index contributed by atoms with van der Waals surface area (Å²) in [7, 11) is 1.50. The first-order valence-electron chi connectivity index (χ1n) is 7.61. The van der Waals surface area contributed by atoms with Gasteiger partial charge in [-0.05, 0) is 18.2 Å². The van der Waals surface area contributed by atoms with Crippen LogP contribution in [-0.2, 0) is 13.6 Å². The predicted octanol–water partition coefficient (Wildman–Crippen LogP) is 0.0774. The van der Waals surface area contributed by atoms with E-state index in [4.69, 9.17) is 9.47 Å². The molecule has 0 saturated carbocycles. The molecule has 25 heavy (non-hydrogen) atoms. The van der Waals surface area contributed by atoms with Crippen molar-refractivity contribution in [3.8, 4) is 11.5 Å². The summed E-state index contributed by atoms with van der Waals surface area (Å²) < 4.78 is 13.6. The summed E-state index contributed by atoms with van der Waals surface area (Å²) in [4.78, 5) is 42.5. The number of nitrogens with zero attached hydrogens (tertiary/aromatic N) is 3. The number of carbonyl (C=O) groups excluding carboxylic acids is 1. The van der Waals surface area contributed by atoms with E-state index in [9.17, 15) is 14.4 Å². The molecule has 0 radical (unpaired) electrons. The second-order valence-electron chi connectivity index (χ2n) is 5.64. The molecule has 0 amide bonds. The molecule has 0 unspecified atom stereocenters. The summed E-state index contributed by atoms with van der Waals surface area (Å²) in [6.45, 7) is 0.820. The molecule has 0 saturated heterocycles. The van der Waals surface area contributed by atoms with Crippen molar-refractivity contribution in [2.24, 2.45) is 7.05 Å². The summed E-state index contributed by atoms with van der Waals surface area (Å²) in [6.07, 6.45) is 1.37. The number of hydrogen-bond donors (Lipinski definition) is 1. The predicted molar refractivity (Wildman–Crippen MR) is 87.4 cm³/mol. The van der Waals surface area contributed by atoms with Crippen LogP contribution in [0.1, 0.15) is 10.4 Å². The number of aromatic amines is 1. The summed E-state index contributed by atoms with van der Waals surface area (Å²) in [5.41, 5.74) is -0.296. The van der Waals surface area contributed by atoms with Crippen molar-refractivity contribution in [2.75, 3.05) is 13.2 Å². The van der Waals surface area contributed by atoms with Gasteiger partial charge in [0.15, 0.2) is 28.4 Å². The van der Waals surface area contributed by atoms with Gasteiger partial charge in [0.1, 0.15) is 13.2 Å². The molecule has 0 atom stereocenters. The minimum absolute atomic E-state index is 0.0859. The standard InChI is InChI=1S/C16H14N4O5/c1-19-14-13(15(22)18-16(19)23)20(8-17-14)7-10(21)9-2-3-11-12(6-9)25-5-4-24-11/h2-3,6,8H,4-5,7H2,1H3,(H,18,22,23). The highest BCUT2D eigenvalue weighted by molar-refractivity contribution is 5.97. The first-order valence-corrected chi connectivity index (χ1v) is 7.61. The van der Waals surface area contributed by atoms with E-state index in [1.54, 1.807) is 18.2 Å². The molecule has 0 bridgehead atoms. The Morgan fingerprint density at radius 2 is 2.00 bits per heavy atom. The molecular formula is C16H14N4O5. The molecule has 3 heterocycles. The van der Waals surface area contributed by atoms with Crippen molar-refractivity contribution in [1.29, 1.82) is 0 Å². The van der Waals surface area contributed by atoms with Gasteiger partial charge in [-0.2, -0.15) is 0 Å². The number of fused-ring (bicyclic) bond motifs is 2. The van der Waals surface area contributed by atoms with E-state index in [0.29, 0.717) is 30.3 Å². The Hall–Kier alpha value is -3.36. The number of H-pyrrole nitrogens is 1. The topological polar surface area (TPSA) is 108 Å². The van der Waals surface area contributed by atoms with Crippen LogP contribution in [0.4, 0.5) is 0 Å². The van der Waals surface area contributed by atoms with Gasteiger partial charge in [0.25, 0.3) is 5.56 Å². The maximum Gasteiger partial charge on any atom is 0.329 e. The van der Waals surface area contributed by atoms with Crippen LogP contribution in [0.15, 0.2) is 34.1 Å². The van der Waals surface area contributed by atoms with Crippen LogP contribution in [0.2, 0.25) is 0 Å². The molecule has 1 N–H and O–H groups in total. The van der Waals surface area contributed by atoms with Crippen molar-refractivity contribution in [2.45, 2.75) is 6.54 Å². The van der Waals surface area contributed by atoms with E-state index in [1.165, 1.54) is 22.5 Å². The van der Waals surface area contributed by atoms with Crippen LogP contribution in [0.25, 0.3) is 11.2 Å². The average molecular weight is 342 g/mol. The zero-order valence-corrected chi connectivity index (χ0v) is 13.3. The Labute approximate surface area is 140 Å². The van der Waals surface area contributed by atoms with E-state index >= 15 is 0 Å². The minimum Gasteiger partial charge on any atom is -0.486 e. The van der Waals surface area contributed by atoms with Crippen molar-refractivity contribution >= 4 is 16.9 Å². The summed E-state index contributed by atoms with van der Waals surface area (Å²) in [6, 6.07) is 4.95. The smallest absolute Gasteiger partial charge is 0.329 e. The van der Waals surface area contributed by atoms with E-state index in [1.807, 2.05) is 0 Å². The molecule has 2 aromatic heterocycles. The monoisotopic (exact) mass is 342 g/mol. The van der Waals surface area contributed by atoms with Crippen LogP contribution in [-0.4, -0.2) is 38.1 Å². The fraction of sp³-hybridized carbons (Fsp3) is 0.250. The lowest BCUT2D eigenvalue weighted by Gasteiger charge is -2.18. The quantitative estimate of drug-likeness (QED) is 0.675. The third-order valence-electron chi connectivity index (χ3n) is 4.05. The second kappa shape index (κ2) is 5.62. The fourth-order valence-corrected chi connectivity index (χ4v) is 2.77. The van der Waals surface area contributed by atoms with Gasteiger partial charge < -0.3 is 14.0 Å². The number of ether oxygens (including phenoxy) is 2. The molecule has 0 spiro atoms. The lowest BCUT2D eigenvalue weighted by molar-refractivity contribution is 0.0972. The van der Waals surface area contributed by atoms with Gasteiger partial charge in [-0.1, -0.05) is 0 Å². The number of ketones is 1. The van der Waals surface area contributed by atoms with Gasteiger partial charge in [-0.15, -0.1) is 0 Å². The summed E-state index contributed by atoms with van der Waals surface area (Å²) in [5.74, 6) is 0.902. The highest BCUT2D eigenvalue weighted by Crippen LogP contribution is 2.31. The van der Waals surface area contributed by atoms with E-state index in [-0.39, 0.29) is 23.5 Å². The van der Waals surface area contributed by atoms with Crippen LogP contribution < -0.4 is 20.7 Å². The van der Waals surface area contributed by atoms with E-state index in [0.717, 1.165) is 0 Å². The Kier molecular flexibility index (Phi) is 3.41. The van der Waals surface area contributed by atoms with Crippen molar-refractivity contribution in [3.05, 3.63) is 50.9 Å². The molecule has 128 valence electrons. The van der Waals surface area contributed by atoms with E-state index < -0.39 is 11.2 Å². The Balaban J connectivity index is 1.70. The summed E-state index contributed by atoms with van der Waals surface area (Å²) in [5, 5.41) is 0. The van der Waals surface area contributed by atoms with Crippen LogP contribution in [0.3, 0.4) is 0 Å². The van der Waals surface area contributed by atoms with Crippen LogP contribution in [0, 0.1) is 0 Å². The molecule has 3 aromatic rings. The van der Waals surface area contributed by atoms with Crippen molar-refractivity contribution < 1.29 is 14.3 Å². The first kappa shape index (κ1) is 15.2. The van der Waals surface area contributed by atoms with Gasteiger partial charge in [0, 0.05) is 12.6 Å². The number of Topliss-reactive ketones (excluding diaryl/α,β-unsaturated/α-hetero) is 1. The fourth-order valence-electron chi connectivity index (χ4n) is 2.77. The number of rotatable bonds is 3. The number of aromatic nitrogens is 4. The molecule has 0 fully saturated rings. The number of aryl methyl sites for hydroxylation is 1. The third kappa shape index (κ3) is 2.49. The molecular weight excluding hydrogens is 328 g/mol. The molecule has 9 nitrogen and oxygen atoms in total. The molecule has 4 rings (SSSR count). The SMILES string of the molecule is Cn1c(=O)[nH]c(=O)c2c1ncn2CC(=O)c1ccc2c(c1)OCCO2. The maximum absolute atomic E-state index is 12.6. The van der Waals surface area contributed by atoms with Gasteiger partial charge in [0.05, 0.1) is 12.9 Å². The summed E-state index contributed by atoms with van der Waals surface area (Å²) >= 11 is 0. The maximum atomic E-state index is 12.6. The largest absolute Gasteiger partial charge is 0.486 e. The van der Waals surface area contributed by atoms with Crippen molar-refractivity contribution in [1.82, 2.24) is 19.1 Å². The Morgan fingerprint density at radius 1 is 1.24 bits per heavy atom.